The molecule has 0 heterocycles. The van der Waals surface area contributed by atoms with Gasteiger partial charge in [0.15, 0.2) is 5.96 Å². The smallest absolute Gasteiger partial charge is 0.188 e. The van der Waals surface area contributed by atoms with Crippen molar-refractivity contribution in [1.29, 1.82) is 0 Å². The normalized spacial score (nSPS) is 11.1. The molecule has 0 atom stereocenters. The number of rotatable bonds is 11. The highest BCUT2D eigenvalue weighted by molar-refractivity contribution is 14.0. The Morgan fingerprint density at radius 3 is 2.65 bits per heavy atom. The van der Waals surface area contributed by atoms with E-state index in [1.165, 1.54) is 0 Å². The molecule has 0 amide bonds. The first kappa shape index (κ1) is 22.1. The SMILES string of the molecule is CCCCNC(N)=NCc1cccc(COCCOCC)c1.I. The Bertz CT molecular complexity index is 442. The Labute approximate surface area is 157 Å². The van der Waals surface area contributed by atoms with E-state index in [-0.39, 0.29) is 24.0 Å². The predicted molar refractivity (Wildman–Crippen MR) is 106 cm³/mol. The second kappa shape index (κ2) is 14.7. The van der Waals surface area contributed by atoms with Crippen molar-refractivity contribution in [3.63, 3.8) is 0 Å². The number of nitrogens with zero attached hydrogens (tertiary/aromatic N) is 1. The third-order valence-electron chi connectivity index (χ3n) is 3.10. The second-order valence-electron chi connectivity index (χ2n) is 5.05. The van der Waals surface area contributed by atoms with Crippen LogP contribution >= 0.6 is 24.0 Å². The van der Waals surface area contributed by atoms with Crippen LogP contribution in [0.5, 0.6) is 0 Å². The van der Waals surface area contributed by atoms with Gasteiger partial charge >= 0.3 is 0 Å². The average molecular weight is 435 g/mol. The first-order valence-corrected chi connectivity index (χ1v) is 8.03. The van der Waals surface area contributed by atoms with Gasteiger partial charge in [0, 0.05) is 13.2 Å². The number of halogens is 1. The predicted octanol–water partition coefficient (Wildman–Crippen LogP) is 3.06. The molecule has 0 aliphatic heterocycles. The minimum absolute atomic E-state index is 0. The zero-order valence-electron chi connectivity index (χ0n) is 14.2. The Balaban J connectivity index is 0.00000484. The van der Waals surface area contributed by atoms with Gasteiger partial charge in [-0.05, 0) is 24.5 Å². The average Bonchev–Trinajstić information content (AvgIpc) is 2.53. The Hall–Kier alpha value is -0.860. The van der Waals surface area contributed by atoms with E-state index in [0.29, 0.717) is 32.3 Å². The number of nitrogens with one attached hydrogen (secondary N) is 1. The van der Waals surface area contributed by atoms with Gasteiger partial charge in [0.25, 0.3) is 0 Å². The third kappa shape index (κ3) is 11.3. The maximum atomic E-state index is 5.83. The van der Waals surface area contributed by atoms with Crippen molar-refractivity contribution in [2.24, 2.45) is 10.7 Å². The van der Waals surface area contributed by atoms with E-state index in [2.05, 4.69) is 29.4 Å². The molecule has 0 aliphatic rings. The van der Waals surface area contributed by atoms with Crippen LogP contribution in [0.3, 0.4) is 0 Å². The lowest BCUT2D eigenvalue weighted by atomic mass is 10.1. The van der Waals surface area contributed by atoms with E-state index in [4.69, 9.17) is 15.2 Å². The molecule has 0 radical (unpaired) electrons. The van der Waals surface area contributed by atoms with Gasteiger partial charge in [0.2, 0.25) is 0 Å². The summed E-state index contributed by atoms with van der Waals surface area (Å²) in [6, 6.07) is 8.22. The van der Waals surface area contributed by atoms with Crippen LogP contribution in [0.1, 0.15) is 37.8 Å². The number of nitrogens with two attached hydrogens (primary N) is 1. The van der Waals surface area contributed by atoms with Crippen LogP contribution in [0.2, 0.25) is 0 Å². The zero-order valence-corrected chi connectivity index (χ0v) is 16.5. The number of benzene rings is 1. The minimum Gasteiger partial charge on any atom is -0.379 e. The van der Waals surface area contributed by atoms with Crippen molar-refractivity contribution in [3.8, 4) is 0 Å². The molecule has 1 aromatic rings. The molecule has 0 bridgehead atoms. The summed E-state index contributed by atoms with van der Waals surface area (Å²) >= 11 is 0. The summed E-state index contributed by atoms with van der Waals surface area (Å²) in [6.07, 6.45) is 2.25. The summed E-state index contributed by atoms with van der Waals surface area (Å²) in [7, 11) is 0. The largest absolute Gasteiger partial charge is 0.379 e. The van der Waals surface area contributed by atoms with Crippen molar-refractivity contribution < 1.29 is 9.47 Å². The highest BCUT2D eigenvalue weighted by Gasteiger charge is 1.98. The molecular formula is C17H30IN3O2. The van der Waals surface area contributed by atoms with Gasteiger partial charge in [0.1, 0.15) is 0 Å². The molecule has 0 spiro atoms. The molecule has 0 fully saturated rings. The van der Waals surface area contributed by atoms with Crippen molar-refractivity contribution in [3.05, 3.63) is 35.4 Å². The number of hydrogen-bond donors (Lipinski definition) is 2. The molecule has 0 aromatic heterocycles. The van der Waals surface area contributed by atoms with Crippen LogP contribution < -0.4 is 11.1 Å². The molecular weight excluding hydrogens is 405 g/mol. The molecule has 3 N–H and O–H groups in total. The zero-order chi connectivity index (χ0) is 16.0. The molecule has 0 aliphatic carbocycles. The summed E-state index contributed by atoms with van der Waals surface area (Å²) in [6.45, 7) is 8.16. The van der Waals surface area contributed by atoms with E-state index in [1.807, 2.05) is 19.1 Å². The maximum absolute atomic E-state index is 5.83. The second-order valence-corrected chi connectivity index (χ2v) is 5.05. The lowest BCUT2D eigenvalue weighted by Gasteiger charge is -2.07. The Morgan fingerprint density at radius 2 is 1.91 bits per heavy atom. The fourth-order valence-electron chi connectivity index (χ4n) is 1.90. The number of guanidine groups is 1. The van der Waals surface area contributed by atoms with Crippen molar-refractivity contribution in [1.82, 2.24) is 5.32 Å². The molecule has 23 heavy (non-hydrogen) atoms. The first-order valence-electron chi connectivity index (χ1n) is 8.03. The summed E-state index contributed by atoms with van der Waals surface area (Å²) in [5, 5.41) is 3.11. The van der Waals surface area contributed by atoms with Gasteiger partial charge in [-0.25, -0.2) is 4.99 Å². The number of ether oxygens (including phenoxy) is 2. The molecule has 0 saturated carbocycles. The fraction of sp³-hybridized carbons (Fsp3) is 0.588. The van der Waals surface area contributed by atoms with Crippen LogP contribution in [0.15, 0.2) is 29.3 Å². The van der Waals surface area contributed by atoms with Crippen molar-refractivity contribution in [2.75, 3.05) is 26.4 Å². The molecule has 6 heteroatoms. The molecule has 1 aromatic carbocycles. The summed E-state index contributed by atoms with van der Waals surface area (Å²) < 4.78 is 10.8. The monoisotopic (exact) mass is 435 g/mol. The standard InChI is InChI=1S/C17H29N3O2.HI/c1-3-5-9-19-17(18)20-13-15-7-6-8-16(12-15)14-22-11-10-21-4-2;/h6-8,12H,3-5,9-11,13-14H2,1-2H3,(H3,18,19,20);1H. The number of aliphatic imine (C=N–C) groups is 1. The molecule has 1 rings (SSSR count). The number of hydrogen-bond acceptors (Lipinski definition) is 3. The topological polar surface area (TPSA) is 68.9 Å². The highest BCUT2D eigenvalue weighted by Crippen LogP contribution is 2.08. The van der Waals surface area contributed by atoms with Crippen LogP contribution in [0.4, 0.5) is 0 Å². The van der Waals surface area contributed by atoms with Gasteiger partial charge in [-0.15, -0.1) is 24.0 Å². The molecule has 132 valence electrons. The van der Waals surface area contributed by atoms with Gasteiger partial charge in [0.05, 0.1) is 26.4 Å². The van der Waals surface area contributed by atoms with E-state index in [9.17, 15) is 0 Å². The summed E-state index contributed by atoms with van der Waals surface area (Å²) in [5.74, 6) is 0.506. The summed E-state index contributed by atoms with van der Waals surface area (Å²) in [5.41, 5.74) is 8.10. The van der Waals surface area contributed by atoms with E-state index in [1.54, 1.807) is 0 Å². The fourth-order valence-corrected chi connectivity index (χ4v) is 1.90. The number of unbranched alkanes of at least 4 members (excludes halogenated alkanes) is 1. The van der Waals surface area contributed by atoms with Crippen LogP contribution in [0, 0.1) is 0 Å². The molecule has 0 unspecified atom stereocenters. The Morgan fingerprint density at radius 1 is 1.17 bits per heavy atom. The third-order valence-corrected chi connectivity index (χ3v) is 3.10. The summed E-state index contributed by atoms with van der Waals surface area (Å²) in [4.78, 5) is 4.35. The van der Waals surface area contributed by atoms with Crippen LogP contribution in [0.25, 0.3) is 0 Å². The van der Waals surface area contributed by atoms with Gasteiger partial charge in [-0.2, -0.15) is 0 Å². The van der Waals surface area contributed by atoms with Gasteiger partial charge in [-0.3, -0.25) is 0 Å². The lowest BCUT2D eigenvalue weighted by Crippen LogP contribution is -2.32. The maximum Gasteiger partial charge on any atom is 0.188 e. The van der Waals surface area contributed by atoms with Crippen LogP contribution in [-0.2, 0) is 22.6 Å². The van der Waals surface area contributed by atoms with Gasteiger partial charge in [-0.1, -0.05) is 37.6 Å². The molecule has 5 nitrogen and oxygen atoms in total. The molecule has 0 saturated heterocycles. The van der Waals surface area contributed by atoms with Crippen LogP contribution in [-0.4, -0.2) is 32.3 Å². The minimum atomic E-state index is 0. The lowest BCUT2D eigenvalue weighted by molar-refractivity contribution is 0.0453. The Kier molecular flexibility index (Phi) is 14.2. The van der Waals surface area contributed by atoms with E-state index >= 15 is 0 Å². The highest BCUT2D eigenvalue weighted by atomic mass is 127. The first-order chi connectivity index (χ1) is 10.8. The van der Waals surface area contributed by atoms with E-state index < -0.39 is 0 Å². The van der Waals surface area contributed by atoms with Crippen molar-refractivity contribution >= 4 is 29.9 Å². The quantitative estimate of drug-likeness (QED) is 0.243. The van der Waals surface area contributed by atoms with Crippen molar-refractivity contribution in [2.45, 2.75) is 39.8 Å². The van der Waals surface area contributed by atoms with Gasteiger partial charge < -0.3 is 20.5 Å². The van der Waals surface area contributed by atoms with E-state index in [0.717, 1.165) is 37.1 Å².